The number of carbonyl (C=O) groups is 1. The minimum Gasteiger partial charge on any atom is -0.328 e. The molecule has 1 aromatic rings. The molecule has 1 aliphatic heterocycles. The van der Waals surface area contributed by atoms with Crippen molar-refractivity contribution in [3.63, 3.8) is 0 Å². The molecule has 8 nitrogen and oxygen atoms in total. The van der Waals surface area contributed by atoms with Gasteiger partial charge in [0.1, 0.15) is 0 Å². The number of carbonyl (C=O) groups excluding carboxylic acids is 1. The summed E-state index contributed by atoms with van der Waals surface area (Å²) in [7, 11) is -3.63. The maximum Gasteiger partial charge on any atom is 0.272 e. The summed E-state index contributed by atoms with van der Waals surface area (Å²) in [5.41, 5.74) is 5.74. The van der Waals surface area contributed by atoms with Gasteiger partial charge in [-0.2, -0.15) is 4.31 Å². The molecule has 1 aromatic heterocycles. The number of anilines is 1. The summed E-state index contributed by atoms with van der Waals surface area (Å²) in [4.78, 5) is 10.9. The Labute approximate surface area is 115 Å². The Morgan fingerprint density at radius 3 is 2.63 bits per heavy atom. The van der Waals surface area contributed by atoms with Crippen LogP contribution in [0.2, 0.25) is 0 Å². The molecular weight excluding hydrogens is 290 g/mol. The summed E-state index contributed by atoms with van der Waals surface area (Å²) in [6.07, 6.45) is 1.27. The molecule has 0 aliphatic carbocycles. The standard InChI is InChI=1S/C9H15N5O3S2/c1-6(15)11-8-12-13-9(18-8)19(16,17)14-4-2-7(10)3-5-14/h7H,2-5,10H2,1H3,(H,11,12,15). The molecule has 0 unspecified atom stereocenters. The summed E-state index contributed by atoms with van der Waals surface area (Å²) in [6, 6.07) is 0.0517. The second-order valence-electron chi connectivity index (χ2n) is 4.30. The molecule has 1 fully saturated rings. The number of aromatic nitrogens is 2. The summed E-state index contributed by atoms with van der Waals surface area (Å²) in [5.74, 6) is -0.316. The van der Waals surface area contributed by atoms with Gasteiger partial charge in [-0.15, -0.1) is 10.2 Å². The topological polar surface area (TPSA) is 118 Å². The molecule has 1 saturated heterocycles. The van der Waals surface area contributed by atoms with Crippen molar-refractivity contribution in [2.24, 2.45) is 5.73 Å². The van der Waals surface area contributed by atoms with E-state index in [0.717, 1.165) is 11.3 Å². The number of hydrogen-bond donors (Lipinski definition) is 2. The van der Waals surface area contributed by atoms with E-state index >= 15 is 0 Å². The van der Waals surface area contributed by atoms with E-state index in [2.05, 4.69) is 15.5 Å². The Hall–Kier alpha value is -1.10. The van der Waals surface area contributed by atoms with Crippen LogP contribution in [0.5, 0.6) is 0 Å². The maximum atomic E-state index is 12.3. The van der Waals surface area contributed by atoms with Gasteiger partial charge in [-0.1, -0.05) is 11.3 Å². The van der Waals surface area contributed by atoms with Gasteiger partial charge in [-0.05, 0) is 12.8 Å². The van der Waals surface area contributed by atoms with E-state index in [1.165, 1.54) is 11.2 Å². The third-order valence-corrected chi connectivity index (χ3v) is 5.83. The molecule has 19 heavy (non-hydrogen) atoms. The van der Waals surface area contributed by atoms with Crippen LogP contribution in [-0.4, -0.2) is 48.0 Å². The van der Waals surface area contributed by atoms with Crippen LogP contribution >= 0.6 is 11.3 Å². The highest BCUT2D eigenvalue weighted by molar-refractivity contribution is 7.91. The van der Waals surface area contributed by atoms with Crippen molar-refractivity contribution in [2.45, 2.75) is 30.1 Å². The summed E-state index contributed by atoms with van der Waals surface area (Å²) < 4.78 is 25.8. The van der Waals surface area contributed by atoms with Gasteiger partial charge in [0.15, 0.2) is 0 Å². The van der Waals surface area contributed by atoms with E-state index in [4.69, 9.17) is 5.73 Å². The molecule has 0 saturated carbocycles. The van der Waals surface area contributed by atoms with Gasteiger partial charge < -0.3 is 11.1 Å². The molecular formula is C9H15N5O3S2. The van der Waals surface area contributed by atoms with Crippen LogP contribution in [0.15, 0.2) is 4.34 Å². The smallest absolute Gasteiger partial charge is 0.272 e. The second-order valence-corrected chi connectivity index (χ2v) is 7.38. The zero-order valence-corrected chi connectivity index (χ0v) is 12.0. The number of nitrogens with zero attached hydrogens (tertiary/aromatic N) is 3. The van der Waals surface area contributed by atoms with Gasteiger partial charge in [0.05, 0.1) is 0 Å². The summed E-state index contributed by atoms with van der Waals surface area (Å²) >= 11 is 0.848. The van der Waals surface area contributed by atoms with Crippen LogP contribution in [0, 0.1) is 0 Å². The highest BCUT2D eigenvalue weighted by Crippen LogP contribution is 2.25. The first-order chi connectivity index (χ1) is 8.89. The maximum absolute atomic E-state index is 12.3. The lowest BCUT2D eigenvalue weighted by atomic mass is 10.1. The number of sulfonamides is 1. The molecule has 106 valence electrons. The fourth-order valence-electron chi connectivity index (χ4n) is 1.74. The number of nitrogens with one attached hydrogen (secondary N) is 1. The van der Waals surface area contributed by atoms with Crippen molar-refractivity contribution in [3.8, 4) is 0 Å². The van der Waals surface area contributed by atoms with E-state index in [0.29, 0.717) is 25.9 Å². The van der Waals surface area contributed by atoms with Crippen molar-refractivity contribution in [3.05, 3.63) is 0 Å². The minimum atomic E-state index is -3.63. The highest BCUT2D eigenvalue weighted by Gasteiger charge is 2.31. The lowest BCUT2D eigenvalue weighted by Gasteiger charge is -2.28. The lowest BCUT2D eigenvalue weighted by molar-refractivity contribution is -0.114. The van der Waals surface area contributed by atoms with Crippen LogP contribution in [0.4, 0.5) is 5.13 Å². The normalized spacial score (nSPS) is 18.4. The van der Waals surface area contributed by atoms with Crippen molar-refractivity contribution >= 4 is 32.4 Å². The van der Waals surface area contributed by atoms with Gasteiger partial charge in [-0.25, -0.2) is 8.42 Å². The number of nitrogens with two attached hydrogens (primary N) is 1. The Morgan fingerprint density at radius 2 is 2.05 bits per heavy atom. The van der Waals surface area contributed by atoms with E-state index in [-0.39, 0.29) is 21.4 Å². The predicted molar refractivity (Wildman–Crippen MR) is 70.2 cm³/mol. The molecule has 1 aliphatic rings. The molecule has 3 N–H and O–H groups in total. The molecule has 2 heterocycles. The minimum absolute atomic E-state index is 0.0517. The molecule has 0 bridgehead atoms. The van der Waals surface area contributed by atoms with E-state index in [1.54, 1.807) is 0 Å². The number of piperidine rings is 1. The van der Waals surface area contributed by atoms with Crippen LogP contribution in [0.25, 0.3) is 0 Å². The predicted octanol–water partition coefficient (Wildman–Crippen LogP) is -0.392. The largest absolute Gasteiger partial charge is 0.328 e. The van der Waals surface area contributed by atoms with Crippen molar-refractivity contribution < 1.29 is 13.2 Å². The third kappa shape index (κ3) is 3.26. The Bertz CT molecular complexity index is 562. The van der Waals surface area contributed by atoms with Crippen molar-refractivity contribution in [1.82, 2.24) is 14.5 Å². The zero-order chi connectivity index (χ0) is 14.0. The first-order valence-electron chi connectivity index (χ1n) is 5.76. The average Bonchev–Trinajstić information content (AvgIpc) is 2.78. The molecule has 0 atom stereocenters. The summed E-state index contributed by atoms with van der Waals surface area (Å²) in [6.45, 7) is 2.10. The Morgan fingerprint density at radius 1 is 1.42 bits per heavy atom. The third-order valence-electron chi connectivity index (χ3n) is 2.75. The Kier molecular flexibility index (Phi) is 4.13. The quantitative estimate of drug-likeness (QED) is 0.734. The molecule has 0 spiro atoms. The van der Waals surface area contributed by atoms with Gasteiger partial charge >= 0.3 is 0 Å². The van der Waals surface area contributed by atoms with Gasteiger partial charge in [0.2, 0.25) is 15.4 Å². The number of amides is 1. The van der Waals surface area contributed by atoms with E-state index in [1.807, 2.05) is 0 Å². The molecule has 1 amide bonds. The monoisotopic (exact) mass is 305 g/mol. The summed E-state index contributed by atoms with van der Waals surface area (Å²) in [5, 5.41) is 9.86. The second kappa shape index (κ2) is 5.49. The van der Waals surface area contributed by atoms with Crippen LogP contribution in [0.1, 0.15) is 19.8 Å². The first-order valence-corrected chi connectivity index (χ1v) is 8.02. The van der Waals surface area contributed by atoms with Gasteiger partial charge in [-0.3, -0.25) is 4.79 Å². The van der Waals surface area contributed by atoms with Crippen molar-refractivity contribution in [2.75, 3.05) is 18.4 Å². The fraction of sp³-hybridized carbons (Fsp3) is 0.667. The molecule has 0 aromatic carbocycles. The van der Waals surface area contributed by atoms with Crippen molar-refractivity contribution in [1.29, 1.82) is 0 Å². The average molecular weight is 305 g/mol. The lowest BCUT2D eigenvalue weighted by Crippen LogP contribution is -2.42. The van der Waals surface area contributed by atoms with Crippen LogP contribution in [0.3, 0.4) is 0 Å². The Balaban J connectivity index is 2.15. The van der Waals surface area contributed by atoms with Gasteiger partial charge in [0.25, 0.3) is 10.0 Å². The molecule has 0 radical (unpaired) electrons. The van der Waals surface area contributed by atoms with Gasteiger partial charge in [0, 0.05) is 26.1 Å². The van der Waals surface area contributed by atoms with Crippen LogP contribution < -0.4 is 11.1 Å². The van der Waals surface area contributed by atoms with E-state index < -0.39 is 10.0 Å². The fourth-order valence-corrected chi connectivity index (χ4v) is 4.30. The number of hydrogen-bond acceptors (Lipinski definition) is 7. The molecule has 10 heteroatoms. The number of rotatable bonds is 3. The first kappa shape index (κ1) is 14.3. The van der Waals surface area contributed by atoms with E-state index in [9.17, 15) is 13.2 Å². The zero-order valence-electron chi connectivity index (χ0n) is 10.4. The molecule has 2 rings (SSSR count). The SMILES string of the molecule is CC(=O)Nc1nnc(S(=O)(=O)N2CCC(N)CC2)s1. The van der Waals surface area contributed by atoms with Crippen LogP contribution in [-0.2, 0) is 14.8 Å². The highest BCUT2D eigenvalue weighted by atomic mass is 32.2.